The van der Waals surface area contributed by atoms with Gasteiger partial charge in [0.25, 0.3) is 5.91 Å². The minimum atomic E-state index is -4.74. The van der Waals surface area contributed by atoms with Gasteiger partial charge in [0.2, 0.25) is 29.1 Å². The molecule has 3 nitrogen and oxygen atoms in total. The van der Waals surface area contributed by atoms with Crippen molar-refractivity contribution in [2.75, 3.05) is 11.9 Å². The van der Waals surface area contributed by atoms with Gasteiger partial charge in [0.1, 0.15) is 0 Å². The molecular weight excluding hydrogens is 414 g/mol. The van der Waals surface area contributed by atoms with Crippen LogP contribution in [0.15, 0.2) is 18.2 Å². The summed E-state index contributed by atoms with van der Waals surface area (Å²) in [6.07, 6.45) is -4.74. The number of ether oxygens (including phenoxy) is 1. The van der Waals surface area contributed by atoms with Crippen LogP contribution in [0.4, 0.5) is 40.8 Å². The Kier molecular flexibility index (Phi) is 5.83. The van der Waals surface area contributed by atoms with Crippen LogP contribution in [0.25, 0.3) is 0 Å². The van der Waals surface area contributed by atoms with Crippen molar-refractivity contribution in [2.45, 2.75) is 6.18 Å². The molecular formula is C15H6ClF8NO2. The van der Waals surface area contributed by atoms with E-state index in [1.807, 2.05) is 5.32 Å². The summed E-state index contributed by atoms with van der Waals surface area (Å²) in [6.45, 7) is -1.27. The van der Waals surface area contributed by atoms with Gasteiger partial charge in [0, 0.05) is 0 Å². The summed E-state index contributed by atoms with van der Waals surface area (Å²) in [5, 5.41) is 1.57. The molecule has 1 N–H and O–H groups in total. The molecule has 0 bridgehead atoms. The van der Waals surface area contributed by atoms with Crippen molar-refractivity contribution < 1.29 is 44.7 Å². The van der Waals surface area contributed by atoms with E-state index in [1.165, 1.54) is 0 Å². The zero-order valence-electron chi connectivity index (χ0n) is 12.7. The average molecular weight is 420 g/mol. The average Bonchev–Trinajstić information content (AvgIpc) is 2.59. The van der Waals surface area contributed by atoms with Gasteiger partial charge in [-0.2, -0.15) is 22.0 Å². The Morgan fingerprint density at radius 3 is 2.00 bits per heavy atom. The van der Waals surface area contributed by atoms with Crippen molar-refractivity contribution in [1.82, 2.24) is 0 Å². The molecule has 1 amide bonds. The first-order valence-corrected chi connectivity index (χ1v) is 7.12. The molecule has 0 spiro atoms. The maximum atomic E-state index is 13.4. The summed E-state index contributed by atoms with van der Waals surface area (Å²) in [4.78, 5) is 11.7. The molecule has 0 atom stereocenters. The number of rotatable bonds is 4. The van der Waals surface area contributed by atoms with Crippen LogP contribution < -0.4 is 10.1 Å². The fourth-order valence-corrected chi connectivity index (χ4v) is 2.00. The summed E-state index contributed by atoms with van der Waals surface area (Å²) < 4.78 is 108. The van der Waals surface area contributed by atoms with Gasteiger partial charge in [-0.3, -0.25) is 4.79 Å². The molecule has 0 aliphatic carbocycles. The number of benzene rings is 2. The lowest BCUT2D eigenvalue weighted by atomic mass is 10.2. The predicted octanol–water partition coefficient (Wildman–Crippen LogP) is 5.07. The second-order valence-electron chi connectivity index (χ2n) is 4.93. The zero-order valence-corrected chi connectivity index (χ0v) is 13.4. The summed E-state index contributed by atoms with van der Waals surface area (Å²) in [6, 6.07) is 1.97. The fourth-order valence-electron chi connectivity index (χ4n) is 1.83. The quantitative estimate of drug-likeness (QED) is 0.427. The Hall–Kier alpha value is -2.56. The van der Waals surface area contributed by atoms with Crippen LogP contribution in [0.5, 0.6) is 5.75 Å². The van der Waals surface area contributed by atoms with Crippen molar-refractivity contribution in [3.8, 4) is 5.75 Å². The summed E-state index contributed by atoms with van der Waals surface area (Å²) >= 11 is 5.63. The van der Waals surface area contributed by atoms with Crippen LogP contribution in [0, 0.1) is 29.1 Å². The Morgan fingerprint density at radius 2 is 1.48 bits per heavy atom. The molecule has 146 valence electrons. The number of anilines is 1. The van der Waals surface area contributed by atoms with Crippen LogP contribution in [0.3, 0.4) is 0 Å². The van der Waals surface area contributed by atoms with Gasteiger partial charge < -0.3 is 10.1 Å². The van der Waals surface area contributed by atoms with E-state index < -0.39 is 64.8 Å². The number of nitrogens with one attached hydrogen (secondary N) is 1. The van der Waals surface area contributed by atoms with E-state index in [9.17, 15) is 39.9 Å². The highest BCUT2D eigenvalue weighted by Gasteiger charge is 2.31. The molecule has 0 saturated heterocycles. The van der Waals surface area contributed by atoms with E-state index in [-0.39, 0.29) is 5.02 Å². The first-order valence-electron chi connectivity index (χ1n) is 6.74. The van der Waals surface area contributed by atoms with Crippen LogP contribution in [0.1, 0.15) is 5.56 Å². The number of halogens is 9. The Labute approximate surface area is 150 Å². The van der Waals surface area contributed by atoms with E-state index in [0.29, 0.717) is 12.1 Å². The normalized spacial score (nSPS) is 11.4. The third-order valence-electron chi connectivity index (χ3n) is 3.08. The molecule has 0 radical (unpaired) electrons. The van der Waals surface area contributed by atoms with Gasteiger partial charge >= 0.3 is 6.18 Å². The van der Waals surface area contributed by atoms with Crippen molar-refractivity contribution >= 4 is 23.2 Å². The van der Waals surface area contributed by atoms with E-state index >= 15 is 0 Å². The Morgan fingerprint density at radius 1 is 0.963 bits per heavy atom. The summed E-state index contributed by atoms with van der Waals surface area (Å²) in [7, 11) is 0. The second kappa shape index (κ2) is 7.59. The van der Waals surface area contributed by atoms with Crippen molar-refractivity contribution in [3.63, 3.8) is 0 Å². The molecule has 2 aromatic carbocycles. The molecule has 2 rings (SSSR count). The van der Waals surface area contributed by atoms with Gasteiger partial charge in [-0.25, -0.2) is 13.2 Å². The minimum absolute atomic E-state index is 0.299. The van der Waals surface area contributed by atoms with Crippen LogP contribution in [-0.2, 0) is 11.0 Å². The lowest BCUT2D eigenvalue weighted by Gasteiger charge is -2.13. The second-order valence-corrected chi connectivity index (χ2v) is 5.34. The molecule has 0 unspecified atom stereocenters. The van der Waals surface area contributed by atoms with Gasteiger partial charge in [0.15, 0.2) is 12.4 Å². The highest BCUT2D eigenvalue weighted by atomic mass is 35.5. The molecule has 0 heterocycles. The topological polar surface area (TPSA) is 38.3 Å². The molecule has 0 aliphatic rings. The number of alkyl halides is 3. The SMILES string of the molecule is O=C(COc1c(F)c(F)c(F)c(F)c1F)Nc1cc(C(F)(F)F)ccc1Cl. The molecule has 12 heteroatoms. The number of amides is 1. The molecule has 0 aliphatic heterocycles. The predicted molar refractivity (Wildman–Crippen MR) is 76.8 cm³/mol. The molecule has 0 saturated carbocycles. The standard InChI is InChI=1S/C15H6ClF8NO2/c16-6-2-1-5(15(22,23)24)3-7(6)25-8(26)4-27-14-12(20)10(18)9(17)11(19)13(14)21/h1-3H,4H2,(H,25,26). The third kappa shape index (κ3) is 4.41. The third-order valence-corrected chi connectivity index (χ3v) is 3.41. The van der Waals surface area contributed by atoms with Crippen molar-refractivity contribution in [1.29, 1.82) is 0 Å². The monoisotopic (exact) mass is 419 g/mol. The number of carbonyl (C=O) groups excluding carboxylic acids is 1. The first kappa shape index (κ1) is 20.7. The minimum Gasteiger partial charge on any atom is -0.477 e. The van der Waals surface area contributed by atoms with Crippen molar-refractivity contribution in [3.05, 3.63) is 57.9 Å². The molecule has 0 fully saturated rings. The summed E-state index contributed by atoms with van der Waals surface area (Å²) in [5.74, 6) is -14.6. The van der Waals surface area contributed by atoms with Crippen molar-refractivity contribution in [2.24, 2.45) is 0 Å². The lowest BCUT2D eigenvalue weighted by Crippen LogP contribution is -2.22. The maximum absolute atomic E-state index is 13.4. The maximum Gasteiger partial charge on any atom is 0.416 e. The Balaban J connectivity index is 2.17. The van der Waals surface area contributed by atoms with Gasteiger partial charge in [0.05, 0.1) is 16.3 Å². The van der Waals surface area contributed by atoms with E-state index in [2.05, 4.69) is 4.74 Å². The van der Waals surface area contributed by atoms with Crippen LogP contribution >= 0.6 is 11.6 Å². The Bertz CT molecular complexity index is 871. The highest BCUT2D eigenvalue weighted by molar-refractivity contribution is 6.33. The largest absolute Gasteiger partial charge is 0.477 e. The van der Waals surface area contributed by atoms with E-state index in [1.54, 1.807) is 0 Å². The van der Waals surface area contributed by atoms with E-state index in [4.69, 9.17) is 11.6 Å². The zero-order chi connectivity index (χ0) is 20.5. The number of carbonyl (C=O) groups is 1. The van der Waals surface area contributed by atoms with Gasteiger partial charge in [-0.1, -0.05) is 11.6 Å². The lowest BCUT2D eigenvalue weighted by molar-refractivity contribution is -0.137. The van der Waals surface area contributed by atoms with Crippen LogP contribution in [-0.4, -0.2) is 12.5 Å². The molecule has 2 aromatic rings. The fraction of sp³-hybridized carbons (Fsp3) is 0.133. The van der Waals surface area contributed by atoms with Gasteiger partial charge in [-0.15, -0.1) is 0 Å². The number of hydrogen-bond acceptors (Lipinski definition) is 2. The molecule has 27 heavy (non-hydrogen) atoms. The first-order chi connectivity index (χ1) is 12.4. The smallest absolute Gasteiger partial charge is 0.416 e. The van der Waals surface area contributed by atoms with Crippen LogP contribution in [0.2, 0.25) is 5.02 Å². The number of hydrogen-bond donors (Lipinski definition) is 1. The molecule has 0 aromatic heterocycles. The van der Waals surface area contributed by atoms with Gasteiger partial charge in [-0.05, 0) is 18.2 Å². The summed E-state index contributed by atoms with van der Waals surface area (Å²) in [5.41, 5.74) is -1.65. The van der Waals surface area contributed by atoms with E-state index in [0.717, 1.165) is 6.07 Å². The highest BCUT2D eigenvalue weighted by Crippen LogP contribution is 2.34.